The number of hydrogen-bond acceptors (Lipinski definition) is 4. The van der Waals surface area contributed by atoms with Gasteiger partial charge < -0.3 is 10.5 Å². The van der Waals surface area contributed by atoms with Crippen LogP contribution in [0.4, 0.5) is 0 Å². The lowest BCUT2D eigenvalue weighted by Gasteiger charge is -2.12. The van der Waals surface area contributed by atoms with Crippen molar-refractivity contribution in [1.82, 2.24) is 15.0 Å². The van der Waals surface area contributed by atoms with E-state index in [1.165, 1.54) is 5.56 Å². The van der Waals surface area contributed by atoms with E-state index >= 15 is 0 Å². The number of nitrogens with zero attached hydrogens (tertiary/aromatic N) is 3. The van der Waals surface area contributed by atoms with E-state index in [9.17, 15) is 0 Å². The second kappa shape index (κ2) is 6.54. The maximum atomic E-state index is 5.94. The first-order chi connectivity index (χ1) is 10.0. The quantitative estimate of drug-likeness (QED) is 0.829. The predicted molar refractivity (Wildman–Crippen MR) is 83.0 cm³/mol. The molecule has 0 saturated carbocycles. The highest BCUT2D eigenvalue weighted by Crippen LogP contribution is 2.22. The number of ether oxygens (including phenoxy) is 1. The summed E-state index contributed by atoms with van der Waals surface area (Å²) in [7, 11) is 0. The van der Waals surface area contributed by atoms with E-state index in [0.29, 0.717) is 19.7 Å². The molecule has 2 aromatic rings. The Hall–Kier alpha value is -2.14. The highest BCUT2D eigenvalue weighted by atomic mass is 16.5. The zero-order chi connectivity index (χ0) is 15.4. The summed E-state index contributed by atoms with van der Waals surface area (Å²) in [4.78, 5) is 0. The highest BCUT2D eigenvalue weighted by molar-refractivity contribution is 5.38. The molecule has 0 aliphatic carbocycles. The van der Waals surface area contributed by atoms with Crippen LogP contribution in [0.15, 0.2) is 30.4 Å². The molecule has 0 aliphatic heterocycles. The van der Waals surface area contributed by atoms with Gasteiger partial charge in [-0.25, -0.2) is 4.68 Å². The summed E-state index contributed by atoms with van der Waals surface area (Å²) >= 11 is 0. The molecule has 1 heterocycles. The summed E-state index contributed by atoms with van der Waals surface area (Å²) in [5.74, 6) is 0.876. The molecule has 0 amide bonds. The average molecular weight is 286 g/mol. The molecule has 2 N–H and O–H groups in total. The molecule has 0 spiro atoms. The third-order valence-electron chi connectivity index (χ3n) is 3.45. The van der Waals surface area contributed by atoms with Crippen molar-refractivity contribution in [2.45, 2.75) is 40.5 Å². The van der Waals surface area contributed by atoms with Crippen LogP contribution in [0.5, 0.6) is 5.75 Å². The lowest BCUT2D eigenvalue weighted by atomic mass is 10.1. The Morgan fingerprint density at radius 1 is 1.38 bits per heavy atom. The van der Waals surface area contributed by atoms with Crippen LogP contribution in [0.3, 0.4) is 0 Å². The minimum atomic E-state index is 0.349. The van der Waals surface area contributed by atoms with E-state index in [4.69, 9.17) is 10.5 Å². The van der Waals surface area contributed by atoms with E-state index in [2.05, 4.69) is 36.8 Å². The van der Waals surface area contributed by atoms with E-state index in [1.807, 2.05) is 19.1 Å². The van der Waals surface area contributed by atoms with Crippen LogP contribution in [0.2, 0.25) is 0 Å². The van der Waals surface area contributed by atoms with Crippen molar-refractivity contribution in [3.63, 3.8) is 0 Å². The van der Waals surface area contributed by atoms with Crippen molar-refractivity contribution in [2.75, 3.05) is 0 Å². The first kappa shape index (κ1) is 15.3. The van der Waals surface area contributed by atoms with Gasteiger partial charge >= 0.3 is 0 Å². The third kappa shape index (κ3) is 3.49. The number of rotatable bonds is 6. The molecule has 0 unspecified atom stereocenters. The molecule has 0 atom stereocenters. The molecule has 0 saturated heterocycles. The molecule has 0 bridgehead atoms. The van der Waals surface area contributed by atoms with Crippen LogP contribution in [-0.4, -0.2) is 15.0 Å². The number of hydrogen-bond donors (Lipinski definition) is 1. The van der Waals surface area contributed by atoms with Crippen LogP contribution in [0.1, 0.15) is 29.4 Å². The molecule has 21 heavy (non-hydrogen) atoms. The van der Waals surface area contributed by atoms with Gasteiger partial charge in [-0.05, 0) is 38.0 Å². The number of aryl methyl sites for hydroxylation is 1. The van der Waals surface area contributed by atoms with E-state index in [-0.39, 0.29) is 0 Å². The van der Waals surface area contributed by atoms with Gasteiger partial charge in [0.15, 0.2) is 0 Å². The van der Waals surface area contributed by atoms with E-state index < -0.39 is 0 Å². The summed E-state index contributed by atoms with van der Waals surface area (Å²) < 4.78 is 7.74. The molecular formula is C16H22N4O. The largest absolute Gasteiger partial charge is 0.487 e. The van der Waals surface area contributed by atoms with Gasteiger partial charge in [0, 0.05) is 6.54 Å². The van der Waals surface area contributed by atoms with Gasteiger partial charge in [0.1, 0.15) is 23.7 Å². The van der Waals surface area contributed by atoms with Crippen LogP contribution < -0.4 is 10.5 Å². The molecular weight excluding hydrogens is 264 g/mol. The SMILES string of the molecule is C=C(C)Cn1nnc(CN)c1COc1cccc(C)c1C. The standard InChI is InChI=1S/C16H22N4O/c1-11(2)9-20-15(14(8-17)18-19-20)10-21-16-7-5-6-12(3)13(16)4/h5-7H,1,8-10,17H2,2-4H3. The Morgan fingerprint density at radius 2 is 2.14 bits per heavy atom. The average Bonchev–Trinajstić information content (AvgIpc) is 2.82. The second-order valence-corrected chi connectivity index (χ2v) is 5.29. The number of nitrogens with two attached hydrogens (primary N) is 1. The van der Waals surface area contributed by atoms with Crippen molar-refractivity contribution in [3.05, 3.63) is 52.9 Å². The topological polar surface area (TPSA) is 66.0 Å². The van der Waals surface area contributed by atoms with Gasteiger partial charge in [0.25, 0.3) is 0 Å². The van der Waals surface area contributed by atoms with Crippen molar-refractivity contribution in [1.29, 1.82) is 0 Å². The van der Waals surface area contributed by atoms with Gasteiger partial charge in [-0.3, -0.25) is 0 Å². The molecule has 0 aliphatic rings. The van der Waals surface area contributed by atoms with E-state index in [1.54, 1.807) is 4.68 Å². The minimum absolute atomic E-state index is 0.349. The third-order valence-corrected chi connectivity index (χ3v) is 3.45. The van der Waals surface area contributed by atoms with Crippen molar-refractivity contribution >= 4 is 0 Å². The van der Waals surface area contributed by atoms with Gasteiger partial charge in [-0.15, -0.1) is 5.10 Å². The fourth-order valence-corrected chi connectivity index (χ4v) is 2.09. The second-order valence-electron chi connectivity index (χ2n) is 5.29. The lowest BCUT2D eigenvalue weighted by molar-refractivity contribution is 0.289. The summed E-state index contributed by atoms with van der Waals surface area (Å²) in [6.45, 7) is 11.4. The molecule has 1 aromatic carbocycles. The van der Waals surface area contributed by atoms with Gasteiger partial charge in [-0.2, -0.15) is 0 Å². The number of aromatic nitrogens is 3. The van der Waals surface area contributed by atoms with Crippen molar-refractivity contribution < 1.29 is 4.74 Å². The summed E-state index contributed by atoms with van der Waals surface area (Å²) in [6.07, 6.45) is 0. The Labute approximate surface area is 125 Å². The minimum Gasteiger partial charge on any atom is -0.487 e. The lowest BCUT2D eigenvalue weighted by Crippen LogP contribution is -2.11. The molecule has 112 valence electrons. The van der Waals surface area contributed by atoms with Gasteiger partial charge in [-0.1, -0.05) is 29.5 Å². The summed E-state index contributed by atoms with van der Waals surface area (Å²) in [5, 5.41) is 8.23. The molecule has 0 fully saturated rings. The van der Waals surface area contributed by atoms with Crippen molar-refractivity contribution in [3.8, 4) is 5.75 Å². The first-order valence-electron chi connectivity index (χ1n) is 6.97. The van der Waals surface area contributed by atoms with Crippen LogP contribution in [0.25, 0.3) is 0 Å². The normalized spacial score (nSPS) is 10.7. The van der Waals surface area contributed by atoms with Crippen LogP contribution in [-0.2, 0) is 19.7 Å². The molecule has 0 radical (unpaired) electrons. The monoisotopic (exact) mass is 286 g/mol. The Kier molecular flexibility index (Phi) is 4.75. The molecule has 1 aromatic heterocycles. The fraction of sp³-hybridized carbons (Fsp3) is 0.375. The zero-order valence-electron chi connectivity index (χ0n) is 12.9. The fourth-order valence-electron chi connectivity index (χ4n) is 2.09. The van der Waals surface area contributed by atoms with Crippen LogP contribution in [0, 0.1) is 13.8 Å². The molecule has 2 rings (SSSR count). The first-order valence-corrected chi connectivity index (χ1v) is 6.97. The summed E-state index contributed by atoms with van der Waals surface area (Å²) in [5.41, 5.74) is 10.8. The predicted octanol–water partition coefficient (Wildman–Crippen LogP) is 2.51. The zero-order valence-corrected chi connectivity index (χ0v) is 12.9. The Balaban J connectivity index is 2.20. The van der Waals surface area contributed by atoms with Gasteiger partial charge in [0.05, 0.1) is 6.54 Å². The van der Waals surface area contributed by atoms with E-state index in [0.717, 1.165) is 28.3 Å². The maximum absolute atomic E-state index is 5.94. The Bertz CT molecular complexity index is 646. The Morgan fingerprint density at radius 3 is 2.81 bits per heavy atom. The molecule has 5 heteroatoms. The van der Waals surface area contributed by atoms with Crippen molar-refractivity contribution in [2.24, 2.45) is 5.73 Å². The molecule has 5 nitrogen and oxygen atoms in total. The van der Waals surface area contributed by atoms with Gasteiger partial charge in [0.2, 0.25) is 0 Å². The maximum Gasteiger partial charge on any atom is 0.132 e. The number of benzene rings is 1. The van der Waals surface area contributed by atoms with Crippen LogP contribution >= 0.6 is 0 Å². The highest BCUT2D eigenvalue weighted by Gasteiger charge is 2.13. The summed E-state index contributed by atoms with van der Waals surface area (Å²) in [6, 6.07) is 6.03. The number of allylic oxidation sites excluding steroid dienone is 1. The smallest absolute Gasteiger partial charge is 0.132 e.